The summed E-state index contributed by atoms with van der Waals surface area (Å²) in [7, 11) is 0. The second kappa shape index (κ2) is 8.91. The Morgan fingerprint density at radius 2 is 1.81 bits per heavy atom. The Bertz CT molecular complexity index is 1290. The van der Waals surface area contributed by atoms with Crippen LogP contribution in [-0.2, 0) is 21.2 Å². The number of anilines is 1. The van der Waals surface area contributed by atoms with Crippen molar-refractivity contribution in [3.05, 3.63) is 74.3 Å². The highest BCUT2D eigenvalue weighted by Gasteiger charge is 2.43. The number of Topliss-reactive ketones (excluding diaryl/α,β-unsaturated/α-hetero) is 1. The summed E-state index contributed by atoms with van der Waals surface area (Å²) < 4.78 is 39.7. The van der Waals surface area contributed by atoms with Crippen LogP contribution < -0.4 is 10.6 Å². The van der Waals surface area contributed by atoms with E-state index in [-0.39, 0.29) is 22.3 Å². The van der Waals surface area contributed by atoms with Gasteiger partial charge < -0.3 is 10.6 Å². The molecule has 0 fully saturated rings. The molecule has 0 saturated carbocycles. The van der Waals surface area contributed by atoms with Crippen molar-refractivity contribution in [2.24, 2.45) is 5.41 Å². The van der Waals surface area contributed by atoms with Crippen LogP contribution in [0, 0.1) is 5.41 Å². The molecule has 4 nitrogen and oxygen atoms in total. The maximum absolute atomic E-state index is 13.6. The number of halogens is 3. The first-order chi connectivity index (χ1) is 16.6. The van der Waals surface area contributed by atoms with Gasteiger partial charge in [-0.15, -0.1) is 11.3 Å². The summed E-state index contributed by atoms with van der Waals surface area (Å²) in [5.74, 6) is -1.13. The number of benzene rings is 1. The fraction of sp³-hybridized carbons (Fsp3) is 0.429. The summed E-state index contributed by atoms with van der Waals surface area (Å²) in [5, 5.41) is 5.95. The summed E-state index contributed by atoms with van der Waals surface area (Å²) in [4.78, 5) is 29.1. The van der Waals surface area contributed by atoms with Gasteiger partial charge >= 0.3 is 6.18 Å². The lowest BCUT2D eigenvalue weighted by Crippen LogP contribution is -2.39. The number of carbonyl (C=O) groups is 2. The molecule has 2 aliphatic rings. The fourth-order valence-electron chi connectivity index (χ4n) is 4.90. The van der Waals surface area contributed by atoms with Crippen molar-refractivity contribution < 1.29 is 22.8 Å². The van der Waals surface area contributed by atoms with Crippen molar-refractivity contribution in [2.75, 3.05) is 5.32 Å². The van der Waals surface area contributed by atoms with E-state index in [0.29, 0.717) is 29.7 Å². The molecule has 1 aromatic heterocycles. The lowest BCUT2D eigenvalue weighted by Gasteiger charge is -2.39. The first-order valence-electron chi connectivity index (χ1n) is 11.9. The average Bonchev–Trinajstić information content (AvgIpc) is 3.21. The number of thiophene rings is 1. The maximum atomic E-state index is 13.6. The quantitative estimate of drug-likeness (QED) is 0.450. The van der Waals surface area contributed by atoms with Crippen molar-refractivity contribution in [2.45, 2.75) is 71.9 Å². The number of carbonyl (C=O) groups excluding carboxylic acids is 2. The van der Waals surface area contributed by atoms with E-state index < -0.39 is 23.6 Å². The largest absolute Gasteiger partial charge is 0.416 e. The van der Waals surface area contributed by atoms with Crippen molar-refractivity contribution >= 4 is 28.7 Å². The van der Waals surface area contributed by atoms with E-state index in [0.717, 1.165) is 27.6 Å². The smallest absolute Gasteiger partial charge is 0.362 e. The summed E-state index contributed by atoms with van der Waals surface area (Å²) in [5.41, 5.74) is 1.23. The summed E-state index contributed by atoms with van der Waals surface area (Å²) in [6.45, 7) is 12.2. The van der Waals surface area contributed by atoms with Crippen LogP contribution in [0.15, 0.2) is 58.9 Å². The number of alkyl halides is 3. The van der Waals surface area contributed by atoms with Gasteiger partial charge in [0, 0.05) is 44.4 Å². The zero-order valence-corrected chi connectivity index (χ0v) is 22.1. The van der Waals surface area contributed by atoms with E-state index in [4.69, 9.17) is 0 Å². The molecule has 1 aliphatic carbocycles. The molecular formula is C28H31F3N2O2S. The van der Waals surface area contributed by atoms with E-state index in [1.54, 1.807) is 18.3 Å². The molecular weight excluding hydrogens is 485 g/mol. The SMILES string of the molecule is CC1=C(C(=O)Nc2cccc(C(F)(F)F)c2)C(c2ccc(C(C)(C)C)s2)C2=C(CC(C)(C)CC2=O)N1. The predicted octanol–water partition coefficient (Wildman–Crippen LogP) is 7.31. The number of rotatable bonds is 3. The molecule has 1 amide bonds. The highest BCUT2D eigenvalue weighted by atomic mass is 32.1. The van der Waals surface area contributed by atoms with Crippen molar-refractivity contribution in [1.82, 2.24) is 5.32 Å². The monoisotopic (exact) mass is 516 g/mol. The fourth-order valence-corrected chi connectivity index (χ4v) is 6.09. The van der Waals surface area contributed by atoms with E-state index in [1.165, 1.54) is 12.1 Å². The predicted molar refractivity (Wildman–Crippen MR) is 137 cm³/mol. The molecule has 192 valence electrons. The highest BCUT2D eigenvalue weighted by Crippen LogP contribution is 2.49. The zero-order chi connectivity index (χ0) is 26.6. The van der Waals surface area contributed by atoms with E-state index in [2.05, 4.69) is 31.4 Å². The first kappa shape index (κ1) is 26.2. The van der Waals surface area contributed by atoms with Crippen molar-refractivity contribution in [3.63, 3.8) is 0 Å². The molecule has 2 N–H and O–H groups in total. The van der Waals surface area contributed by atoms with Gasteiger partial charge in [-0.05, 0) is 54.5 Å². The Morgan fingerprint density at radius 3 is 2.42 bits per heavy atom. The zero-order valence-electron chi connectivity index (χ0n) is 21.3. The normalized spacial score (nSPS) is 20.2. The minimum absolute atomic E-state index is 0.0127. The second-order valence-corrected chi connectivity index (χ2v) is 12.5. The molecule has 2 heterocycles. The number of amides is 1. The summed E-state index contributed by atoms with van der Waals surface area (Å²) in [6, 6.07) is 8.56. The molecule has 8 heteroatoms. The molecule has 1 aliphatic heterocycles. The molecule has 0 radical (unpaired) electrons. The van der Waals surface area contributed by atoms with Crippen molar-refractivity contribution in [1.29, 1.82) is 0 Å². The second-order valence-electron chi connectivity index (χ2n) is 11.4. The van der Waals surface area contributed by atoms with Gasteiger partial charge in [0.2, 0.25) is 0 Å². The van der Waals surface area contributed by atoms with E-state index >= 15 is 0 Å². The number of ketones is 1. The number of hydrogen-bond donors (Lipinski definition) is 2. The molecule has 2 aromatic rings. The Balaban J connectivity index is 1.79. The number of dihydropyridines is 1. The molecule has 1 aromatic carbocycles. The van der Waals surface area contributed by atoms with Crippen LogP contribution in [-0.4, -0.2) is 11.7 Å². The topological polar surface area (TPSA) is 58.2 Å². The van der Waals surface area contributed by atoms with Crippen LogP contribution in [0.25, 0.3) is 0 Å². The van der Waals surface area contributed by atoms with Gasteiger partial charge in [-0.25, -0.2) is 0 Å². The molecule has 4 rings (SSSR count). The maximum Gasteiger partial charge on any atom is 0.416 e. The van der Waals surface area contributed by atoms with Gasteiger partial charge in [-0.3, -0.25) is 9.59 Å². The Morgan fingerprint density at radius 1 is 1.11 bits per heavy atom. The number of allylic oxidation sites excluding steroid dienone is 3. The lowest BCUT2D eigenvalue weighted by atomic mass is 9.69. The number of nitrogens with one attached hydrogen (secondary N) is 2. The standard InChI is InChI=1S/C28H31F3N2O2S/c1-15-22(25(35)33-17-9-7-8-16(12-17)28(29,30)31)24(20-10-11-21(36-20)26(2,3)4)23-18(32-15)13-27(5,6)14-19(23)34/h7-12,24,32H,13-14H2,1-6H3,(H,33,35). The summed E-state index contributed by atoms with van der Waals surface area (Å²) >= 11 is 1.56. The van der Waals surface area contributed by atoms with Gasteiger partial charge in [0.1, 0.15) is 0 Å². The van der Waals surface area contributed by atoms with Crippen LogP contribution in [0.5, 0.6) is 0 Å². The Kier molecular flexibility index (Phi) is 6.48. The third-order valence-corrected chi connectivity index (χ3v) is 8.16. The van der Waals surface area contributed by atoms with Gasteiger partial charge in [0.05, 0.1) is 11.5 Å². The highest BCUT2D eigenvalue weighted by molar-refractivity contribution is 7.12. The minimum Gasteiger partial charge on any atom is -0.362 e. The average molecular weight is 517 g/mol. The molecule has 36 heavy (non-hydrogen) atoms. The Hall–Kier alpha value is -2.87. The third kappa shape index (κ3) is 5.14. The van der Waals surface area contributed by atoms with Crippen LogP contribution in [0.2, 0.25) is 0 Å². The number of hydrogen-bond acceptors (Lipinski definition) is 4. The van der Waals surface area contributed by atoms with Crippen molar-refractivity contribution in [3.8, 4) is 0 Å². The summed E-state index contributed by atoms with van der Waals surface area (Å²) in [6.07, 6.45) is -3.49. The Labute approximate surface area is 213 Å². The van der Waals surface area contributed by atoms with Crippen LogP contribution in [0.4, 0.5) is 18.9 Å². The minimum atomic E-state index is -4.52. The first-order valence-corrected chi connectivity index (χ1v) is 12.7. The van der Waals surface area contributed by atoms with E-state index in [9.17, 15) is 22.8 Å². The van der Waals surface area contributed by atoms with Crippen LogP contribution >= 0.6 is 11.3 Å². The molecule has 0 saturated heterocycles. The van der Waals surface area contributed by atoms with Crippen LogP contribution in [0.3, 0.4) is 0 Å². The molecule has 1 unspecified atom stereocenters. The van der Waals surface area contributed by atoms with Crippen LogP contribution in [0.1, 0.15) is 75.6 Å². The van der Waals surface area contributed by atoms with Gasteiger partial charge in [0.15, 0.2) is 5.78 Å². The van der Waals surface area contributed by atoms with Gasteiger partial charge in [-0.1, -0.05) is 40.7 Å². The lowest BCUT2D eigenvalue weighted by molar-refractivity contribution is -0.137. The molecule has 0 spiro atoms. The van der Waals surface area contributed by atoms with Gasteiger partial charge in [0.25, 0.3) is 5.91 Å². The molecule has 0 bridgehead atoms. The third-order valence-electron chi connectivity index (χ3n) is 6.58. The van der Waals surface area contributed by atoms with Gasteiger partial charge in [-0.2, -0.15) is 13.2 Å². The van der Waals surface area contributed by atoms with E-state index in [1.807, 2.05) is 26.0 Å². The molecule has 1 atom stereocenters.